The summed E-state index contributed by atoms with van der Waals surface area (Å²) in [7, 11) is 1.26. The summed E-state index contributed by atoms with van der Waals surface area (Å²) < 4.78 is 4.61. The molecule has 2 rings (SSSR count). The highest BCUT2D eigenvalue weighted by Crippen LogP contribution is 2.23. The number of aromatic nitrogens is 1. The molecule has 0 atom stereocenters. The van der Waals surface area contributed by atoms with Gasteiger partial charge in [0.05, 0.1) is 7.11 Å². The fourth-order valence-corrected chi connectivity index (χ4v) is 2.35. The SMILES string of the molecule is COC(=O)/C(Cc1c[nH]c2c(CC=C(C)C)cccc12)=N\O. The molecule has 0 aliphatic rings. The Hall–Kier alpha value is -2.56. The number of esters is 1. The molecule has 5 heteroatoms. The molecule has 1 heterocycles. The monoisotopic (exact) mass is 300 g/mol. The molecule has 1 aromatic carbocycles. The van der Waals surface area contributed by atoms with Crippen molar-refractivity contribution >= 4 is 22.6 Å². The highest BCUT2D eigenvalue weighted by Gasteiger charge is 2.16. The lowest BCUT2D eigenvalue weighted by Crippen LogP contribution is -2.18. The molecule has 0 aliphatic carbocycles. The van der Waals surface area contributed by atoms with Crippen LogP contribution in [0.4, 0.5) is 0 Å². The molecule has 5 nitrogen and oxygen atoms in total. The van der Waals surface area contributed by atoms with E-state index in [2.05, 4.69) is 40.9 Å². The van der Waals surface area contributed by atoms with E-state index < -0.39 is 5.97 Å². The molecule has 0 radical (unpaired) electrons. The lowest BCUT2D eigenvalue weighted by molar-refractivity contribution is -0.132. The van der Waals surface area contributed by atoms with Gasteiger partial charge in [0, 0.05) is 23.5 Å². The lowest BCUT2D eigenvalue weighted by atomic mass is 10.0. The summed E-state index contributed by atoms with van der Waals surface area (Å²) in [6.07, 6.45) is 5.07. The zero-order chi connectivity index (χ0) is 16.1. The number of fused-ring (bicyclic) bond motifs is 1. The molecule has 0 amide bonds. The Morgan fingerprint density at radius 3 is 2.77 bits per heavy atom. The third kappa shape index (κ3) is 3.36. The van der Waals surface area contributed by atoms with Gasteiger partial charge >= 0.3 is 5.97 Å². The largest absolute Gasteiger partial charge is 0.464 e. The Morgan fingerprint density at radius 1 is 1.36 bits per heavy atom. The van der Waals surface area contributed by atoms with Crippen LogP contribution in [0.5, 0.6) is 0 Å². The number of benzene rings is 1. The average molecular weight is 300 g/mol. The number of aromatic amines is 1. The highest BCUT2D eigenvalue weighted by molar-refractivity contribution is 6.37. The van der Waals surface area contributed by atoms with Crippen molar-refractivity contribution in [2.45, 2.75) is 26.7 Å². The van der Waals surface area contributed by atoms with Gasteiger partial charge < -0.3 is 14.9 Å². The van der Waals surface area contributed by atoms with E-state index in [0.29, 0.717) is 0 Å². The number of nitrogens with one attached hydrogen (secondary N) is 1. The fraction of sp³-hybridized carbons (Fsp3) is 0.294. The van der Waals surface area contributed by atoms with E-state index in [0.717, 1.165) is 22.9 Å². The number of ether oxygens (including phenoxy) is 1. The second-order valence-electron chi connectivity index (χ2n) is 5.35. The van der Waals surface area contributed by atoms with Gasteiger partial charge in [-0.15, -0.1) is 0 Å². The minimum atomic E-state index is -0.627. The smallest absolute Gasteiger partial charge is 0.356 e. The van der Waals surface area contributed by atoms with Crippen LogP contribution in [0.15, 0.2) is 41.2 Å². The van der Waals surface area contributed by atoms with Crippen molar-refractivity contribution in [1.82, 2.24) is 4.98 Å². The van der Waals surface area contributed by atoms with Gasteiger partial charge in [-0.2, -0.15) is 0 Å². The van der Waals surface area contributed by atoms with E-state index in [1.54, 1.807) is 0 Å². The van der Waals surface area contributed by atoms with E-state index in [4.69, 9.17) is 5.21 Å². The normalized spacial score (nSPS) is 11.5. The molecular formula is C17H20N2O3. The van der Waals surface area contributed by atoms with Gasteiger partial charge in [0.2, 0.25) is 0 Å². The number of carbonyl (C=O) groups excluding carboxylic acids is 1. The second-order valence-corrected chi connectivity index (χ2v) is 5.35. The Bertz CT molecular complexity index is 737. The predicted molar refractivity (Wildman–Crippen MR) is 86.4 cm³/mol. The maximum atomic E-state index is 11.5. The number of rotatable bonds is 5. The van der Waals surface area contributed by atoms with Gasteiger partial charge in [-0.25, -0.2) is 4.79 Å². The number of carbonyl (C=O) groups is 1. The van der Waals surface area contributed by atoms with Crippen molar-refractivity contribution in [3.63, 3.8) is 0 Å². The van der Waals surface area contributed by atoms with Crippen LogP contribution < -0.4 is 0 Å². The molecule has 0 spiro atoms. The number of allylic oxidation sites excluding steroid dienone is 2. The van der Waals surface area contributed by atoms with Crippen LogP contribution in [-0.4, -0.2) is 29.0 Å². The summed E-state index contributed by atoms with van der Waals surface area (Å²) in [5.74, 6) is -0.627. The number of hydrogen-bond donors (Lipinski definition) is 2. The average Bonchev–Trinajstić information content (AvgIpc) is 2.93. The Labute approximate surface area is 129 Å². The zero-order valence-electron chi connectivity index (χ0n) is 13.0. The van der Waals surface area contributed by atoms with Gasteiger partial charge in [-0.3, -0.25) is 0 Å². The van der Waals surface area contributed by atoms with E-state index >= 15 is 0 Å². The van der Waals surface area contributed by atoms with Crippen LogP contribution in [0.1, 0.15) is 25.0 Å². The standard InChI is InChI=1S/C17H20N2O3/c1-11(2)7-8-12-5-4-6-14-13(10-18-16(12)14)9-15(19-21)17(20)22-3/h4-7,10,18,21H,8-9H2,1-3H3/b19-15-. The summed E-state index contributed by atoms with van der Waals surface area (Å²) in [6, 6.07) is 6.05. The third-order valence-electron chi connectivity index (χ3n) is 3.52. The molecule has 0 aliphatic heterocycles. The van der Waals surface area contributed by atoms with Gasteiger partial charge in [0.15, 0.2) is 5.71 Å². The first-order valence-electron chi connectivity index (χ1n) is 7.07. The molecule has 0 saturated carbocycles. The molecule has 22 heavy (non-hydrogen) atoms. The first-order valence-corrected chi connectivity index (χ1v) is 7.07. The molecule has 0 unspecified atom stereocenters. The van der Waals surface area contributed by atoms with E-state index in [1.165, 1.54) is 18.2 Å². The molecular weight excluding hydrogens is 280 g/mol. The number of H-pyrrole nitrogens is 1. The third-order valence-corrected chi connectivity index (χ3v) is 3.52. The summed E-state index contributed by atoms with van der Waals surface area (Å²) in [4.78, 5) is 14.8. The minimum Gasteiger partial charge on any atom is -0.464 e. The van der Waals surface area contributed by atoms with Crippen LogP contribution >= 0.6 is 0 Å². The lowest BCUT2D eigenvalue weighted by Gasteiger charge is -2.03. The van der Waals surface area contributed by atoms with E-state index in [9.17, 15) is 4.79 Å². The summed E-state index contributed by atoms with van der Waals surface area (Å²) in [5.41, 5.74) is 4.37. The van der Waals surface area contributed by atoms with Crippen molar-refractivity contribution in [3.05, 3.63) is 47.2 Å². The number of hydrogen-bond acceptors (Lipinski definition) is 4. The second kappa shape index (κ2) is 6.93. The number of oxime groups is 1. The molecule has 0 fully saturated rings. The fourth-order valence-electron chi connectivity index (χ4n) is 2.35. The number of nitrogens with zero attached hydrogens (tertiary/aromatic N) is 1. The molecule has 0 bridgehead atoms. The highest BCUT2D eigenvalue weighted by atomic mass is 16.5. The Morgan fingerprint density at radius 2 is 2.14 bits per heavy atom. The summed E-state index contributed by atoms with van der Waals surface area (Å²) in [6.45, 7) is 4.14. The molecule has 1 aromatic heterocycles. The maximum Gasteiger partial charge on any atom is 0.356 e. The van der Waals surface area contributed by atoms with Gasteiger partial charge in [-0.05, 0) is 31.4 Å². The van der Waals surface area contributed by atoms with Crippen LogP contribution in [0.3, 0.4) is 0 Å². The van der Waals surface area contributed by atoms with Gasteiger partial charge in [-0.1, -0.05) is 35.0 Å². The van der Waals surface area contributed by atoms with Crippen molar-refractivity contribution in [1.29, 1.82) is 0 Å². The molecule has 2 aromatic rings. The van der Waals surface area contributed by atoms with Gasteiger partial charge in [0.1, 0.15) is 0 Å². The van der Waals surface area contributed by atoms with Crippen LogP contribution in [-0.2, 0) is 22.4 Å². The number of para-hydroxylation sites is 1. The van der Waals surface area contributed by atoms with E-state index in [-0.39, 0.29) is 12.1 Å². The van der Waals surface area contributed by atoms with Crippen LogP contribution in [0, 0.1) is 0 Å². The topological polar surface area (TPSA) is 74.7 Å². The van der Waals surface area contributed by atoms with E-state index in [1.807, 2.05) is 18.3 Å². The number of methoxy groups -OCH3 is 1. The molecule has 2 N–H and O–H groups in total. The van der Waals surface area contributed by atoms with Crippen molar-refractivity contribution in [2.75, 3.05) is 7.11 Å². The quantitative estimate of drug-likeness (QED) is 0.293. The zero-order valence-corrected chi connectivity index (χ0v) is 13.0. The first-order chi connectivity index (χ1) is 10.6. The van der Waals surface area contributed by atoms with Crippen LogP contribution in [0.2, 0.25) is 0 Å². The van der Waals surface area contributed by atoms with Crippen molar-refractivity contribution < 1.29 is 14.7 Å². The first kappa shape index (κ1) is 15.8. The predicted octanol–water partition coefficient (Wildman–Crippen LogP) is 3.22. The summed E-state index contributed by atoms with van der Waals surface area (Å²) in [5, 5.41) is 13.0. The van der Waals surface area contributed by atoms with Crippen LogP contribution in [0.25, 0.3) is 10.9 Å². The van der Waals surface area contributed by atoms with Crippen molar-refractivity contribution in [2.24, 2.45) is 5.16 Å². The minimum absolute atomic E-state index is 0.0156. The van der Waals surface area contributed by atoms with Crippen molar-refractivity contribution in [3.8, 4) is 0 Å². The molecule has 0 saturated heterocycles. The Balaban J connectivity index is 2.36. The maximum absolute atomic E-state index is 11.5. The molecule has 116 valence electrons. The Kier molecular flexibility index (Phi) is 4.99. The summed E-state index contributed by atoms with van der Waals surface area (Å²) >= 11 is 0. The van der Waals surface area contributed by atoms with Gasteiger partial charge in [0.25, 0.3) is 0 Å².